The fraction of sp³-hybridized carbons (Fsp3) is 0.737. The maximum Gasteiger partial charge on any atom is 0.305 e. The lowest BCUT2D eigenvalue weighted by atomic mass is 9.63. The third-order valence-electron chi connectivity index (χ3n) is 6.96. The van der Waals surface area contributed by atoms with Gasteiger partial charge in [-0.05, 0) is 36.7 Å². The standard InChI is InChI=1S/C19H24O6/c1-9(20)23-16-11-5-6-15-18(3,4)13-8-19(11,15)12(7-14(13)22)17(25-16)24-10(2)21/h7,11,13,15-17H,5-6,8H2,1-4H3. The normalized spacial score (nSPS) is 43.3. The van der Waals surface area contributed by atoms with Crippen LogP contribution in [0.15, 0.2) is 11.6 Å². The number of esters is 2. The average Bonchev–Trinajstić information content (AvgIpc) is 2.94. The number of hydrogen-bond donors (Lipinski definition) is 0. The summed E-state index contributed by atoms with van der Waals surface area (Å²) >= 11 is 0. The van der Waals surface area contributed by atoms with Crippen molar-refractivity contribution in [1.82, 2.24) is 0 Å². The van der Waals surface area contributed by atoms with Gasteiger partial charge in [0.1, 0.15) is 0 Å². The highest BCUT2D eigenvalue weighted by molar-refractivity contribution is 5.95. The van der Waals surface area contributed by atoms with Crippen molar-refractivity contribution in [3.8, 4) is 0 Å². The summed E-state index contributed by atoms with van der Waals surface area (Å²) in [5.41, 5.74) is 0.342. The van der Waals surface area contributed by atoms with E-state index in [0.717, 1.165) is 24.8 Å². The molecule has 25 heavy (non-hydrogen) atoms. The number of ether oxygens (including phenoxy) is 3. The fourth-order valence-electron chi connectivity index (χ4n) is 6.15. The molecule has 3 aliphatic carbocycles. The Hall–Kier alpha value is -1.69. The molecular formula is C19H24O6. The SMILES string of the molecule is CC(=O)OC1OC(OC(C)=O)C2CCC3C(C)(C)C4CC23C1=CC4=O. The lowest BCUT2D eigenvalue weighted by molar-refractivity contribution is -0.272. The molecule has 6 atom stereocenters. The van der Waals surface area contributed by atoms with Crippen LogP contribution in [0.2, 0.25) is 0 Å². The van der Waals surface area contributed by atoms with Gasteiger partial charge in [0, 0.05) is 36.7 Å². The monoisotopic (exact) mass is 348 g/mol. The summed E-state index contributed by atoms with van der Waals surface area (Å²) < 4.78 is 16.7. The third-order valence-corrected chi connectivity index (χ3v) is 6.96. The largest absolute Gasteiger partial charge is 0.435 e. The number of allylic oxidation sites excluding steroid dienone is 1. The molecule has 6 heteroatoms. The molecule has 1 spiro atoms. The molecule has 0 aromatic heterocycles. The minimum atomic E-state index is -0.961. The number of rotatable bonds is 2. The third kappa shape index (κ3) is 2.09. The van der Waals surface area contributed by atoms with E-state index in [4.69, 9.17) is 14.2 Å². The van der Waals surface area contributed by atoms with Gasteiger partial charge in [-0.1, -0.05) is 13.8 Å². The topological polar surface area (TPSA) is 78.9 Å². The summed E-state index contributed by atoms with van der Waals surface area (Å²) in [5, 5.41) is 0. The number of ketones is 1. The highest BCUT2D eigenvalue weighted by Crippen LogP contribution is 2.73. The van der Waals surface area contributed by atoms with E-state index in [1.807, 2.05) is 0 Å². The average molecular weight is 348 g/mol. The Labute approximate surface area is 146 Å². The molecule has 136 valence electrons. The van der Waals surface area contributed by atoms with Crippen LogP contribution in [0.5, 0.6) is 0 Å². The number of fused-ring (bicyclic) bond motifs is 1. The van der Waals surface area contributed by atoms with Crippen LogP contribution in [0.1, 0.15) is 47.0 Å². The number of carbonyl (C=O) groups is 3. The van der Waals surface area contributed by atoms with Gasteiger partial charge in [-0.3, -0.25) is 19.1 Å². The second-order valence-corrected chi connectivity index (χ2v) is 8.41. The van der Waals surface area contributed by atoms with Crippen molar-refractivity contribution < 1.29 is 28.6 Å². The van der Waals surface area contributed by atoms with Crippen molar-refractivity contribution in [3.63, 3.8) is 0 Å². The van der Waals surface area contributed by atoms with Gasteiger partial charge in [-0.2, -0.15) is 0 Å². The summed E-state index contributed by atoms with van der Waals surface area (Å²) in [6.45, 7) is 6.98. The van der Waals surface area contributed by atoms with Gasteiger partial charge in [0.2, 0.25) is 12.6 Å². The van der Waals surface area contributed by atoms with Crippen LogP contribution in [-0.2, 0) is 28.6 Å². The Balaban J connectivity index is 1.84. The van der Waals surface area contributed by atoms with Crippen molar-refractivity contribution in [2.45, 2.75) is 59.5 Å². The zero-order valence-corrected chi connectivity index (χ0v) is 15.0. The van der Waals surface area contributed by atoms with Gasteiger partial charge in [-0.15, -0.1) is 0 Å². The van der Waals surface area contributed by atoms with Gasteiger partial charge in [0.05, 0.1) is 0 Å². The smallest absolute Gasteiger partial charge is 0.305 e. The molecule has 0 radical (unpaired) electrons. The minimum Gasteiger partial charge on any atom is -0.435 e. The number of hydrogen-bond acceptors (Lipinski definition) is 6. The molecule has 0 amide bonds. The van der Waals surface area contributed by atoms with Crippen LogP contribution in [0.4, 0.5) is 0 Å². The molecule has 2 bridgehead atoms. The minimum absolute atomic E-state index is 0.00293. The van der Waals surface area contributed by atoms with E-state index in [1.54, 1.807) is 6.08 Å². The maximum atomic E-state index is 12.7. The van der Waals surface area contributed by atoms with Crippen LogP contribution in [-0.4, -0.2) is 30.3 Å². The molecule has 0 aromatic rings. The Morgan fingerprint density at radius 3 is 2.48 bits per heavy atom. The van der Waals surface area contributed by atoms with Gasteiger partial charge < -0.3 is 9.47 Å². The Morgan fingerprint density at radius 1 is 1.16 bits per heavy atom. The summed E-state index contributed by atoms with van der Waals surface area (Å²) in [5.74, 6) is -0.573. The summed E-state index contributed by atoms with van der Waals surface area (Å²) in [6.07, 6.45) is 2.48. The molecule has 4 aliphatic rings. The summed E-state index contributed by atoms with van der Waals surface area (Å²) in [4.78, 5) is 35.9. The van der Waals surface area contributed by atoms with Gasteiger partial charge >= 0.3 is 11.9 Å². The number of carbonyl (C=O) groups excluding carboxylic acids is 3. The van der Waals surface area contributed by atoms with Crippen LogP contribution < -0.4 is 0 Å². The second-order valence-electron chi connectivity index (χ2n) is 8.41. The predicted molar refractivity (Wildman–Crippen MR) is 85.8 cm³/mol. The van der Waals surface area contributed by atoms with Crippen molar-refractivity contribution in [1.29, 1.82) is 0 Å². The second kappa shape index (κ2) is 5.16. The first-order valence-electron chi connectivity index (χ1n) is 8.93. The molecule has 0 aromatic carbocycles. The van der Waals surface area contributed by atoms with E-state index in [0.29, 0.717) is 0 Å². The summed E-state index contributed by atoms with van der Waals surface area (Å²) in [7, 11) is 0. The van der Waals surface area contributed by atoms with Crippen LogP contribution >= 0.6 is 0 Å². The molecule has 4 rings (SSSR count). The molecule has 6 unspecified atom stereocenters. The van der Waals surface area contributed by atoms with Crippen LogP contribution in [0, 0.1) is 28.6 Å². The van der Waals surface area contributed by atoms with E-state index in [2.05, 4.69) is 13.8 Å². The van der Waals surface area contributed by atoms with E-state index in [9.17, 15) is 14.4 Å². The molecular weight excluding hydrogens is 324 g/mol. The molecule has 1 aliphatic heterocycles. The molecule has 2 saturated carbocycles. The van der Waals surface area contributed by atoms with Crippen LogP contribution in [0.25, 0.3) is 0 Å². The first kappa shape index (κ1) is 16.8. The highest BCUT2D eigenvalue weighted by Gasteiger charge is 2.72. The van der Waals surface area contributed by atoms with E-state index in [-0.39, 0.29) is 34.4 Å². The van der Waals surface area contributed by atoms with Crippen molar-refractivity contribution in [3.05, 3.63) is 11.6 Å². The maximum absolute atomic E-state index is 12.7. The Kier molecular flexibility index (Phi) is 3.46. The summed E-state index contributed by atoms with van der Waals surface area (Å²) in [6, 6.07) is 0. The van der Waals surface area contributed by atoms with E-state index >= 15 is 0 Å². The van der Waals surface area contributed by atoms with E-state index < -0.39 is 24.5 Å². The zero-order chi connectivity index (χ0) is 18.1. The highest BCUT2D eigenvalue weighted by atomic mass is 16.8. The van der Waals surface area contributed by atoms with Gasteiger partial charge in [0.15, 0.2) is 5.78 Å². The lowest BCUT2D eigenvalue weighted by Gasteiger charge is -2.49. The Bertz CT molecular complexity index is 692. The molecule has 0 N–H and O–H groups in total. The molecule has 3 fully saturated rings. The quantitative estimate of drug-likeness (QED) is 0.713. The van der Waals surface area contributed by atoms with Gasteiger partial charge in [-0.25, -0.2) is 0 Å². The molecule has 1 saturated heterocycles. The zero-order valence-electron chi connectivity index (χ0n) is 15.0. The van der Waals surface area contributed by atoms with Gasteiger partial charge in [0.25, 0.3) is 0 Å². The Morgan fingerprint density at radius 2 is 1.84 bits per heavy atom. The fourth-order valence-corrected chi connectivity index (χ4v) is 6.15. The lowest BCUT2D eigenvalue weighted by Crippen LogP contribution is -2.53. The van der Waals surface area contributed by atoms with Crippen molar-refractivity contribution in [2.24, 2.45) is 28.6 Å². The van der Waals surface area contributed by atoms with Crippen LogP contribution in [0.3, 0.4) is 0 Å². The van der Waals surface area contributed by atoms with E-state index in [1.165, 1.54) is 13.8 Å². The predicted octanol–water partition coefficient (Wildman–Crippen LogP) is 2.36. The first-order valence-corrected chi connectivity index (χ1v) is 8.93. The first-order chi connectivity index (χ1) is 11.7. The molecule has 1 heterocycles. The van der Waals surface area contributed by atoms with Crippen molar-refractivity contribution in [2.75, 3.05) is 0 Å². The molecule has 6 nitrogen and oxygen atoms in total. The van der Waals surface area contributed by atoms with Crippen molar-refractivity contribution >= 4 is 17.7 Å².